The van der Waals surface area contributed by atoms with Crippen LogP contribution in [0.2, 0.25) is 0 Å². The number of nitrogen functional groups attached to an aromatic ring is 2. The number of hydrogen-bond acceptors (Lipinski definition) is 11. The Bertz CT molecular complexity index is 2020. The number of carbonyl (C=O) groups excluding carboxylic acids is 1. The summed E-state index contributed by atoms with van der Waals surface area (Å²) >= 11 is 0. The van der Waals surface area contributed by atoms with Crippen molar-refractivity contribution in [1.29, 1.82) is 0 Å². The molecule has 5 rings (SSSR count). The number of aliphatic carboxylic acids is 2. The minimum atomic E-state index is -1.30. The Labute approximate surface area is 296 Å². The summed E-state index contributed by atoms with van der Waals surface area (Å²) in [5.74, 6) is -2.80. The fourth-order valence-electron chi connectivity index (χ4n) is 4.42. The fourth-order valence-corrected chi connectivity index (χ4v) is 4.42. The second kappa shape index (κ2) is 15.7. The summed E-state index contributed by atoms with van der Waals surface area (Å²) in [5, 5.41) is 39.3. The number of anilines is 3. The molecule has 0 saturated carbocycles. The predicted molar refractivity (Wildman–Crippen MR) is 179 cm³/mol. The maximum absolute atomic E-state index is 11.6. The van der Waals surface area contributed by atoms with E-state index in [0.717, 1.165) is 11.1 Å². The number of aryl methyl sites for hydroxylation is 1. The van der Waals surface area contributed by atoms with E-state index in [-0.39, 0.29) is 52.9 Å². The average molecular weight is 652 g/mol. The topological polar surface area (TPSA) is 218 Å². The molecule has 0 atom stereocenters. The van der Waals surface area contributed by atoms with Gasteiger partial charge in [0.05, 0.1) is 40.6 Å². The minimum Gasteiger partial charge on any atom is -0.481 e. The number of benzene rings is 4. The van der Waals surface area contributed by atoms with Gasteiger partial charge in [-0.15, -0.1) is 10.2 Å². The molecule has 48 heavy (non-hydrogen) atoms. The molecule has 0 aromatic heterocycles. The van der Waals surface area contributed by atoms with Crippen LogP contribution < -0.4 is 46.5 Å². The second-order valence-corrected chi connectivity index (χ2v) is 10.4. The van der Waals surface area contributed by atoms with Gasteiger partial charge in [0.15, 0.2) is 5.78 Å². The van der Waals surface area contributed by atoms with Gasteiger partial charge < -0.3 is 21.7 Å². The zero-order valence-electron chi connectivity index (χ0n) is 26.0. The summed E-state index contributed by atoms with van der Waals surface area (Å²) in [6.07, 6.45) is 3.74. The quantitative estimate of drug-likeness (QED) is 0.0417. The number of nitrogens with two attached hydrogens (primary N) is 2. The molecule has 4 aromatic rings. The van der Waals surface area contributed by atoms with Crippen LogP contribution in [-0.2, 0) is 20.8 Å². The van der Waals surface area contributed by atoms with Crippen LogP contribution in [0.3, 0.4) is 0 Å². The van der Waals surface area contributed by atoms with Crippen LogP contribution in [0.4, 0.5) is 39.8 Å². The van der Waals surface area contributed by atoms with Crippen molar-refractivity contribution in [3.63, 3.8) is 0 Å². The largest absolute Gasteiger partial charge is 1.00 e. The predicted octanol–water partition coefficient (Wildman–Crippen LogP) is 4.21. The maximum atomic E-state index is 11.6. The first kappa shape index (κ1) is 35.1. The molecule has 234 valence electrons. The van der Waals surface area contributed by atoms with Gasteiger partial charge in [0.1, 0.15) is 16.9 Å². The number of hydrogen-bond donors (Lipinski definition) is 5. The van der Waals surface area contributed by atoms with Crippen LogP contribution in [0.1, 0.15) is 11.1 Å². The summed E-state index contributed by atoms with van der Waals surface area (Å²) in [6.45, 7) is 1.80. The third-order valence-corrected chi connectivity index (χ3v) is 6.99. The number of azo groups is 2. The number of hydrazone groups is 1. The molecule has 0 amide bonds. The summed E-state index contributed by atoms with van der Waals surface area (Å²) in [6, 6.07) is 23.2. The van der Waals surface area contributed by atoms with E-state index < -0.39 is 17.7 Å². The molecule has 0 radical (unpaired) electrons. The molecule has 0 saturated heterocycles. The van der Waals surface area contributed by atoms with Crippen LogP contribution in [0.15, 0.2) is 128 Å². The van der Waals surface area contributed by atoms with Gasteiger partial charge >= 0.3 is 41.5 Å². The van der Waals surface area contributed by atoms with Gasteiger partial charge in [-0.3, -0.25) is 15.0 Å². The molecule has 7 N–H and O–H groups in total. The third kappa shape index (κ3) is 8.73. The van der Waals surface area contributed by atoms with Crippen LogP contribution in [0.25, 0.3) is 11.1 Å². The van der Waals surface area contributed by atoms with E-state index in [0.29, 0.717) is 45.3 Å². The molecule has 4 aromatic carbocycles. The van der Waals surface area contributed by atoms with Crippen molar-refractivity contribution >= 4 is 63.2 Å². The Morgan fingerprint density at radius 3 is 1.96 bits per heavy atom. The molecule has 13 nitrogen and oxygen atoms in total. The Morgan fingerprint density at radius 2 is 1.35 bits per heavy atom. The van der Waals surface area contributed by atoms with Gasteiger partial charge in [-0.25, -0.2) is 4.79 Å². The molecule has 0 unspecified atom stereocenters. The first-order valence-corrected chi connectivity index (χ1v) is 14.1. The van der Waals surface area contributed by atoms with Crippen molar-refractivity contribution in [3.05, 3.63) is 114 Å². The van der Waals surface area contributed by atoms with Crippen molar-refractivity contribution in [2.24, 2.45) is 25.6 Å². The van der Waals surface area contributed by atoms with Crippen molar-refractivity contribution in [2.45, 2.75) is 13.3 Å². The molecule has 1 aliphatic carbocycles. The monoisotopic (exact) mass is 651 g/mol. The van der Waals surface area contributed by atoms with E-state index in [1.807, 2.05) is 48.5 Å². The van der Waals surface area contributed by atoms with Gasteiger partial charge in [-0.1, -0.05) is 36.4 Å². The van der Waals surface area contributed by atoms with Crippen molar-refractivity contribution in [3.8, 4) is 11.1 Å². The number of nitrogens with one attached hydrogen (secondary N) is 1. The first-order valence-electron chi connectivity index (χ1n) is 14.1. The first-order chi connectivity index (χ1) is 22.6. The summed E-state index contributed by atoms with van der Waals surface area (Å²) in [4.78, 5) is 33.7. The number of ketones is 1. The Balaban J connectivity index is 0.00000520. The van der Waals surface area contributed by atoms with Crippen LogP contribution in [0.5, 0.6) is 0 Å². The van der Waals surface area contributed by atoms with Crippen molar-refractivity contribution in [1.82, 2.24) is 0 Å². The van der Waals surface area contributed by atoms with Gasteiger partial charge in [-0.2, -0.15) is 15.3 Å². The number of carbonyl (C=O) groups is 3. The summed E-state index contributed by atoms with van der Waals surface area (Å²) in [7, 11) is 0. The summed E-state index contributed by atoms with van der Waals surface area (Å²) < 4.78 is 0. The summed E-state index contributed by atoms with van der Waals surface area (Å²) in [5.41, 5.74) is 21.6. The van der Waals surface area contributed by atoms with Crippen molar-refractivity contribution in [2.75, 3.05) is 16.9 Å². The zero-order valence-corrected chi connectivity index (χ0v) is 28.0. The van der Waals surface area contributed by atoms with E-state index >= 15 is 0 Å². The molecule has 0 heterocycles. The van der Waals surface area contributed by atoms with E-state index in [9.17, 15) is 14.4 Å². The van der Waals surface area contributed by atoms with E-state index in [2.05, 4.69) is 31.0 Å². The molecule has 0 bridgehead atoms. The molecular formula is C34H28N8NaO5+. The minimum absolute atomic E-state index is 0. The molecule has 0 aliphatic heterocycles. The number of nitrogens with zero attached hydrogens (tertiary/aromatic N) is 5. The molecule has 1 aliphatic rings. The van der Waals surface area contributed by atoms with Gasteiger partial charge in [0.25, 0.3) is 0 Å². The number of carboxylic acid groups (broad SMARTS) is 2. The molecular weight excluding hydrogens is 623 g/mol. The van der Waals surface area contributed by atoms with E-state index in [4.69, 9.17) is 21.7 Å². The van der Waals surface area contributed by atoms with E-state index in [1.165, 1.54) is 18.2 Å². The van der Waals surface area contributed by atoms with Crippen LogP contribution in [-0.4, -0.2) is 33.6 Å². The SMILES string of the molecule is Cc1cc(N=Nc2ccc(-c3ccc(N/N=C4/C=CC(=O)C(C(=O)O)=C4)cc3)cc2)c(N)c(N=Nc2ccc(CC(=O)O)cc2)c1N.[Na+]. The zero-order chi connectivity index (χ0) is 33.5. The third-order valence-electron chi connectivity index (χ3n) is 6.99. The molecule has 0 spiro atoms. The van der Waals surface area contributed by atoms with Gasteiger partial charge in [0.2, 0.25) is 0 Å². The van der Waals surface area contributed by atoms with Crippen molar-refractivity contribution < 1.29 is 54.2 Å². The molecule has 0 fully saturated rings. The van der Waals surface area contributed by atoms with Crippen LogP contribution in [0, 0.1) is 6.92 Å². The number of allylic oxidation sites excluding steroid dienone is 3. The van der Waals surface area contributed by atoms with Gasteiger partial charge in [0, 0.05) is 0 Å². The molecule has 14 heteroatoms. The Hall–Kier alpha value is -5.76. The normalized spacial score (nSPS) is 13.5. The average Bonchev–Trinajstić information content (AvgIpc) is 3.06. The Kier molecular flexibility index (Phi) is 11.5. The van der Waals surface area contributed by atoms with E-state index in [1.54, 1.807) is 37.3 Å². The number of rotatable bonds is 10. The maximum Gasteiger partial charge on any atom is 1.00 e. The smallest absolute Gasteiger partial charge is 0.481 e. The Morgan fingerprint density at radius 1 is 0.771 bits per heavy atom. The van der Waals surface area contributed by atoms with Gasteiger partial charge in [-0.05, 0) is 89.9 Å². The van der Waals surface area contributed by atoms with Crippen LogP contribution >= 0.6 is 0 Å². The number of carboxylic acids is 2. The standard InChI is InChI=1S/C34H28N8O5.Na/c1-19-16-28(32(36)33(31(19)35)42-39-23-8-2-20(3-9-23)17-30(44)45)41-38-25-12-6-22(7-13-25)21-4-10-24(11-5-21)37-40-26-14-15-29(43)27(18-26)34(46)47;/h2-16,18,37H,17,35-36H2,1H3,(H,44,45)(H,46,47);/q;+1/b40-26-,41-38?,42-39?;. The second-order valence-electron chi connectivity index (χ2n) is 10.4. The fraction of sp³-hybridized carbons (Fsp3) is 0.0588.